The zero-order valence-corrected chi connectivity index (χ0v) is 16.8. The van der Waals surface area contributed by atoms with Crippen molar-refractivity contribution in [3.8, 4) is 6.07 Å². The summed E-state index contributed by atoms with van der Waals surface area (Å²) < 4.78 is 0. The van der Waals surface area contributed by atoms with Crippen LogP contribution in [0.15, 0.2) is 36.5 Å². The molecule has 0 spiro atoms. The van der Waals surface area contributed by atoms with Crippen LogP contribution in [-0.2, 0) is 16.8 Å². The highest BCUT2D eigenvalue weighted by atomic mass is 16.2. The third kappa shape index (κ3) is 3.34. The Kier molecular flexibility index (Phi) is 5.66. The quantitative estimate of drug-likeness (QED) is 0.748. The van der Waals surface area contributed by atoms with Gasteiger partial charge in [0.2, 0.25) is 5.91 Å². The lowest BCUT2D eigenvalue weighted by atomic mass is 9.90. The molecule has 6 nitrogen and oxygen atoms in total. The van der Waals surface area contributed by atoms with Gasteiger partial charge in [0.05, 0.1) is 47.3 Å². The Labute approximate surface area is 166 Å². The van der Waals surface area contributed by atoms with Gasteiger partial charge in [0, 0.05) is 12.7 Å². The smallest absolute Gasteiger partial charge is 0.239 e. The molecule has 0 fully saturated rings. The molecule has 1 aromatic heterocycles. The standard InChI is InChI=1S/C22H27N5O/c1-4-5-12-26(15-24)18-10-11-25-20-19(18)27(21(28)22(20,2)3)14-17-9-7-6-8-16(17)13-23/h6-11H,4-5,12,14-15,24H2,1-3H3. The number of carbonyl (C=O) groups excluding carboxylic acids is 1. The molecular formula is C22H27N5O. The van der Waals surface area contributed by atoms with Crippen LogP contribution in [0.25, 0.3) is 0 Å². The van der Waals surface area contributed by atoms with E-state index in [0.29, 0.717) is 18.8 Å². The van der Waals surface area contributed by atoms with E-state index in [1.165, 1.54) is 0 Å². The van der Waals surface area contributed by atoms with Crippen molar-refractivity contribution in [2.45, 2.75) is 45.6 Å². The minimum Gasteiger partial charge on any atom is -0.357 e. The molecule has 0 aliphatic carbocycles. The molecule has 146 valence electrons. The van der Waals surface area contributed by atoms with E-state index in [0.717, 1.165) is 42.0 Å². The second-order valence-corrected chi connectivity index (χ2v) is 7.61. The number of hydrogen-bond acceptors (Lipinski definition) is 5. The van der Waals surface area contributed by atoms with Crippen LogP contribution in [0, 0.1) is 11.3 Å². The summed E-state index contributed by atoms with van der Waals surface area (Å²) in [5, 5.41) is 9.44. The summed E-state index contributed by atoms with van der Waals surface area (Å²) in [6, 6.07) is 11.5. The minimum atomic E-state index is -0.724. The number of fused-ring (bicyclic) bond motifs is 1. The molecule has 2 aromatic rings. The topological polar surface area (TPSA) is 86.2 Å². The first kappa shape index (κ1) is 19.8. The van der Waals surface area contributed by atoms with Crippen molar-refractivity contribution in [1.82, 2.24) is 4.98 Å². The SMILES string of the molecule is CCCCN(CN)c1ccnc2c1N(Cc1ccccc1C#N)C(=O)C2(C)C. The van der Waals surface area contributed by atoms with Gasteiger partial charge in [-0.15, -0.1) is 0 Å². The molecule has 0 bridgehead atoms. The fraction of sp³-hybridized carbons (Fsp3) is 0.409. The number of unbranched alkanes of at least 4 members (excludes halogenated alkanes) is 1. The van der Waals surface area contributed by atoms with Crippen LogP contribution < -0.4 is 15.5 Å². The van der Waals surface area contributed by atoms with Crippen molar-refractivity contribution in [3.05, 3.63) is 53.3 Å². The molecule has 0 saturated carbocycles. The Bertz CT molecular complexity index is 915. The maximum absolute atomic E-state index is 13.3. The molecule has 0 unspecified atom stereocenters. The van der Waals surface area contributed by atoms with E-state index < -0.39 is 5.41 Å². The number of aromatic nitrogens is 1. The number of nitrogens with two attached hydrogens (primary N) is 1. The largest absolute Gasteiger partial charge is 0.357 e. The Hall–Kier alpha value is -2.91. The van der Waals surface area contributed by atoms with Crippen LogP contribution >= 0.6 is 0 Å². The second kappa shape index (κ2) is 7.99. The van der Waals surface area contributed by atoms with Gasteiger partial charge in [0.15, 0.2) is 0 Å². The van der Waals surface area contributed by atoms with Crippen LogP contribution in [0.4, 0.5) is 11.4 Å². The van der Waals surface area contributed by atoms with Crippen molar-refractivity contribution < 1.29 is 4.79 Å². The van der Waals surface area contributed by atoms with E-state index in [9.17, 15) is 10.1 Å². The number of rotatable bonds is 7. The fourth-order valence-electron chi connectivity index (χ4n) is 3.71. The van der Waals surface area contributed by atoms with Crippen molar-refractivity contribution in [3.63, 3.8) is 0 Å². The zero-order valence-electron chi connectivity index (χ0n) is 16.8. The first-order chi connectivity index (χ1) is 13.5. The summed E-state index contributed by atoms with van der Waals surface area (Å²) in [4.78, 5) is 21.7. The molecule has 0 saturated heterocycles. The van der Waals surface area contributed by atoms with Crippen molar-refractivity contribution in [2.75, 3.05) is 23.0 Å². The number of amides is 1. The maximum atomic E-state index is 13.3. The molecule has 2 heterocycles. The normalized spacial score (nSPS) is 14.7. The first-order valence-corrected chi connectivity index (χ1v) is 9.70. The molecule has 2 N–H and O–H groups in total. The minimum absolute atomic E-state index is 0.0114. The Morgan fingerprint density at radius 2 is 2.04 bits per heavy atom. The molecule has 3 rings (SSSR count). The van der Waals surface area contributed by atoms with E-state index in [1.807, 2.05) is 38.1 Å². The summed E-state index contributed by atoms with van der Waals surface area (Å²) in [5.74, 6) is -0.0114. The van der Waals surface area contributed by atoms with Gasteiger partial charge in [0.1, 0.15) is 0 Å². The number of hydrogen-bond donors (Lipinski definition) is 1. The van der Waals surface area contributed by atoms with Crippen molar-refractivity contribution in [1.29, 1.82) is 5.26 Å². The molecular weight excluding hydrogens is 350 g/mol. The fourth-order valence-corrected chi connectivity index (χ4v) is 3.71. The van der Waals surface area contributed by atoms with E-state index >= 15 is 0 Å². The van der Waals surface area contributed by atoms with Gasteiger partial charge in [-0.05, 0) is 38.0 Å². The van der Waals surface area contributed by atoms with Crippen LogP contribution in [0.2, 0.25) is 0 Å². The van der Waals surface area contributed by atoms with Gasteiger partial charge in [-0.25, -0.2) is 0 Å². The number of benzene rings is 1. The average Bonchev–Trinajstić information content (AvgIpc) is 2.90. The van der Waals surface area contributed by atoms with Gasteiger partial charge >= 0.3 is 0 Å². The van der Waals surface area contributed by atoms with Crippen LogP contribution in [0.1, 0.15) is 50.4 Å². The summed E-state index contributed by atoms with van der Waals surface area (Å²) in [6.07, 6.45) is 3.83. The highest BCUT2D eigenvalue weighted by molar-refractivity contribution is 6.09. The van der Waals surface area contributed by atoms with Crippen molar-refractivity contribution >= 4 is 17.3 Å². The van der Waals surface area contributed by atoms with Gasteiger partial charge in [-0.2, -0.15) is 5.26 Å². The number of nitriles is 1. The molecule has 0 radical (unpaired) electrons. The zero-order chi connectivity index (χ0) is 20.3. The summed E-state index contributed by atoms with van der Waals surface area (Å²) >= 11 is 0. The summed E-state index contributed by atoms with van der Waals surface area (Å²) in [7, 11) is 0. The predicted molar refractivity (Wildman–Crippen MR) is 111 cm³/mol. The average molecular weight is 377 g/mol. The monoisotopic (exact) mass is 377 g/mol. The lowest BCUT2D eigenvalue weighted by molar-refractivity contribution is -0.122. The van der Waals surface area contributed by atoms with Gasteiger partial charge in [-0.3, -0.25) is 9.78 Å². The summed E-state index contributed by atoms with van der Waals surface area (Å²) in [6.45, 7) is 7.47. The third-order valence-corrected chi connectivity index (χ3v) is 5.35. The number of carbonyl (C=O) groups is 1. The lowest BCUT2D eigenvalue weighted by Gasteiger charge is -2.28. The Balaban J connectivity index is 2.10. The highest BCUT2D eigenvalue weighted by Crippen LogP contribution is 2.46. The van der Waals surface area contributed by atoms with Gasteiger partial charge < -0.3 is 15.5 Å². The molecule has 0 atom stereocenters. The highest BCUT2D eigenvalue weighted by Gasteiger charge is 2.47. The number of anilines is 2. The predicted octanol–water partition coefficient (Wildman–Crippen LogP) is 3.30. The lowest BCUT2D eigenvalue weighted by Crippen LogP contribution is -2.37. The molecule has 1 amide bonds. The second-order valence-electron chi connectivity index (χ2n) is 7.61. The molecule has 1 aliphatic heterocycles. The van der Waals surface area contributed by atoms with Crippen LogP contribution in [-0.4, -0.2) is 24.1 Å². The van der Waals surface area contributed by atoms with Crippen LogP contribution in [0.5, 0.6) is 0 Å². The van der Waals surface area contributed by atoms with Gasteiger partial charge in [0.25, 0.3) is 0 Å². The summed E-state index contributed by atoms with van der Waals surface area (Å²) in [5.41, 5.74) is 9.22. The molecule has 1 aromatic carbocycles. The molecule has 6 heteroatoms. The van der Waals surface area contributed by atoms with Crippen molar-refractivity contribution in [2.24, 2.45) is 5.73 Å². The third-order valence-electron chi connectivity index (χ3n) is 5.35. The molecule has 28 heavy (non-hydrogen) atoms. The Morgan fingerprint density at radius 1 is 1.29 bits per heavy atom. The number of nitrogens with zero attached hydrogens (tertiary/aromatic N) is 4. The van der Waals surface area contributed by atoms with Gasteiger partial charge in [-0.1, -0.05) is 31.5 Å². The molecule has 1 aliphatic rings. The van der Waals surface area contributed by atoms with E-state index in [-0.39, 0.29) is 5.91 Å². The van der Waals surface area contributed by atoms with E-state index in [1.54, 1.807) is 17.2 Å². The number of pyridine rings is 1. The Morgan fingerprint density at radius 3 is 2.71 bits per heavy atom. The van der Waals surface area contributed by atoms with Crippen LogP contribution in [0.3, 0.4) is 0 Å². The van der Waals surface area contributed by atoms with E-state index in [2.05, 4.69) is 22.9 Å². The first-order valence-electron chi connectivity index (χ1n) is 9.70. The van der Waals surface area contributed by atoms with E-state index in [4.69, 9.17) is 5.73 Å². The maximum Gasteiger partial charge on any atom is 0.239 e.